The highest BCUT2D eigenvalue weighted by molar-refractivity contribution is 6.05. The van der Waals surface area contributed by atoms with Gasteiger partial charge in [-0.25, -0.2) is 0 Å². The van der Waals surface area contributed by atoms with Crippen molar-refractivity contribution >= 4 is 23.2 Å². The molecule has 0 saturated heterocycles. The van der Waals surface area contributed by atoms with E-state index in [9.17, 15) is 9.59 Å². The Bertz CT molecular complexity index is 590. The molecule has 2 aromatic rings. The Morgan fingerprint density at radius 1 is 1.16 bits per heavy atom. The Hall–Kier alpha value is -2.56. The molecule has 0 aliphatic heterocycles. The average molecular weight is 258 g/mol. The van der Waals surface area contributed by atoms with Crippen molar-refractivity contribution in [1.29, 1.82) is 0 Å². The highest BCUT2D eigenvalue weighted by Crippen LogP contribution is 2.25. The normalized spacial score (nSPS) is 10.0. The molecule has 0 unspecified atom stereocenters. The van der Waals surface area contributed by atoms with Crippen LogP contribution in [0, 0.1) is 0 Å². The van der Waals surface area contributed by atoms with Gasteiger partial charge in [-0.05, 0) is 24.3 Å². The second-order valence-electron chi connectivity index (χ2n) is 4.03. The maximum absolute atomic E-state index is 11.9. The molecule has 1 heterocycles. The maximum Gasteiger partial charge on any atom is 0.291 e. The molecule has 0 atom stereocenters. The summed E-state index contributed by atoms with van der Waals surface area (Å²) < 4.78 is 5.02. The summed E-state index contributed by atoms with van der Waals surface area (Å²) in [6, 6.07) is 10.3. The van der Waals surface area contributed by atoms with Crippen molar-refractivity contribution in [2.45, 2.75) is 6.92 Å². The summed E-state index contributed by atoms with van der Waals surface area (Å²) in [5.41, 5.74) is 1.19. The van der Waals surface area contributed by atoms with Gasteiger partial charge in [-0.3, -0.25) is 9.59 Å². The molecule has 0 fully saturated rings. The Labute approximate surface area is 110 Å². The van der Waals surface area contributed by atoms with Crippen molar-refractivity contribution in [2.75, 3.05) is 17.3 Å². The van der Waals surface area contributed by atoms with E-state index >= 15 is 0 Å². The third-order valence-corrected chi connectivity index (χ3v) is 2.73. The highest BCUT2D eigenvalue weighted by atomic mass is 16.3. The van der Waals surface area contributed by atoms with E-state index < -0.39 is 0 Å². The first-order valence-corrected chi connectivity index (χ1v) is 5.78. The minimum Gasteiger partial charge on any atom is -0.459 e. The van der Waals surface area contributed by atoms with Crippen LogP contribution in [0.25, 0.3) is 0 Å². The van der Waals surface area contributed by atoms with Gasteiger partial charge in [0.2, 0.25) is 5.91 Å². The number of rotatable bonds is 3. The van der Waals surface area contributed by atoms with Gasteiger partial charge in [-0.2, -0.15) is 0 Å². The van der Waals surface area contributed by atoms with E-state index in [-0.39, 0.29) is 17.6 Å². The Morgan fingerprint density at radius 3 is 2.53 bits per heavy atom. The molecule has 1 aromatic carbocycles. The molecule has 19 heavy (non-hydrogen) atoms. The topological polar surface area (TPSA) is 62.6 Å². The number of anilines is 2. The number of nitrogens with one attached hydrogen (secondary N) is 1. The first-order chi connectivity index (χ1) is 9.09. The standard InChI is InChI=1S/C14H14N2O3/c1-10(17)16(2)12-7-4-3-6-11(12)15-14(18)13-8-5-9-19-13/h3-9H,1-2H3,(H,15,18). The molecule has 0 aliphatic rings. The number of carbonyl (C=O) groups is 2. The van der Waals surface area contributed by atoms with Gasteiger partial charge in [0, 0.05) is 14.0 Å². The molecule has 2 amide bonds. The summed E-state index contributed by atoms with van der Waals surface area (Å²) in [4.78, 5) is 24.8. The van der Waals surface area contributed by atoms with Gasteiger partial charge >= 0.3 is 0 Å². The van der Waals surface area contributed by atoms with Gasteiger partial charge in [0.1, 0.15) is 0 Å². The van der Waals surface area contributed by atoms with Crippen LogP contribution in [-0.4, -0.2) is 18.9 Å². The number of amides is 2. The molecule has 0 radical (unpaired) electrons. The van der Waals surface area contributed by atoms with Crippen LogP contribution in [0.2, 0.25) is 0 Å². The molecular formula is C14H14N2O3. The molecule has 1 N–H and O–H groups in total. The number of benzene rings is 1. The number of hydrogen-bond acceptors (Lipinski definition) is 3. The maximum atomic E-state index is 11.9. The predicted molar refractivity (Wildman–Crippen MR) is 72.2 cm³/mol. The van der Waals surface area contributed by atoms with Crippen molar-refractivity contribution < 1.29 is 14.0 Å². The number of para-hydroxylation sites is 2. The lowest BCUT2D eigenvalue weighted by Crippen LogP contribution is -2.24. The number of nitrogens with zero attached hydrogens (tertiary/aromatic N) is 1. The Kier molecular flexibility index (Phi) is 3.66. The molecule has 2 rings (SSSR count). The quantitative estimate of drug-likeness (QED) is 0.920. The summed E-state index contributed by atoms with van der Waals surface area (Å²) >= 11 is 0. The Balaban J connectivity index is 2.26. The van der Waals surface area contributed by atoms with Crippen LogP contribution in [0.1, 0.15) is 17.5 Å². The fourth-order valence-electron chi connectivity index (χ4n) is 1.63. The van der Waals surface area contributed by atoms with Gasteiger partial charge < -0.3 is 14.6 Å². The molecule has 0 spiro atoms. The second kappa shape index (κ2) is 5.39. The third kappa shape index (κ3) is 2.82. The van der Waals surface area contributed by atoms with E-state index in [4.69, 9.17) is 4.42 Å². The highest BCUT2D eigenvalue weighted by Gasteiger charge is 2.14. The SMILES string of the molecule is CC(=O)N(C)c1ccccc1NC(=O)c1ccco1. The van der Waals surface area contributed by atoms with Crippen LogP contribution in [0.4, 0.5) is 11.4 Å². The molecule has 0 aliphatic carbocycles. The van der Waals surface area contributed by atoms with E-state index in [1.807, 2.05) is 0 Å². The zero-order valence-corrected chi connectivity index (χ0v) is 10.7. The summed E-state index contributed by atoms with van der Waals surface area (Å²) in [7, 11) is 1.65. The molecule has 1 aromatic heterocycles. The van der Waals surface area contributed by atoms with Crippen LogP contribution in [-0.2, 0) is 4.79 Å². The van der Waals surface area contributed by atoms with Crippen molar-refractivity contribution in [1.82, 2.24) is 0 Å². The lowest BCUT2D eigenvalue weighted by atomic mass is 10.2. The van der Waals surface area contributed by atoms with Gasteiger partial charge in [0.05, 0.1) is 17.6 Å². The number of carbonyl (C=O) groups excluding carboxylic acids is 2. The molecule has 5 heteroatoms. The lowest BCUT2D eigenvalue weighted by molar-refractivity contribution is -0.116. The van der Waals surface area contributed by atoms with Crippen LogP contribution in [0.3, 0.4) is 0 Å². The molecule has 0 saturated carbocycles. The Morgan fingerprint density at radius 2 is 1.89 bits per heavy atom. The van der Waals surface area contributed by atoms with Gasteiger partial charge in [0.15, 0.2) is 5.76 Å². The monoisotopic (exact) mass is 258 g/mol. The third-order valence-electron chi connectivity index (χ3n) is 2.73. The van der Waals surface area contributed by atoms with E-state index in [1.165, 1.54) is 18.1 Å². The van der Waals surface area contributed by atoms with Gasteiger partial charge in [-0.1, -0.05) is 12.1 Å². The lowest BCUT2D eigenvalue weighted by Gasteiger charge is -2.19. The average Bonchev–Trinajstić information content (AvgIpc) is 2.92. The molecule has 0 bridgehead atoms. The fourth-order valence-corrected chi connectivity index (χ4v) is 1.63. The summed E-state index contributed by atoms with van der Waals surface area (Å²) in [5, 5.41) is 2.72. The second-order valence-corrected chi connectivity index (χ2v) is 4.03. The van der Waals surface area contributed by atoms with Crippen molar-refractivity contribution in [3.8, 4) is 0 Å². The zero-order valence-electron chi connectivity index (χ0n) is 10.7. The zero-order chi connectivity index (χ0) is 13.8. The first-order valence-electron chi connectivity index (χ1n) is 5.78. The number of furan rings is 1. The van der Waals surface area contributed by atoms with E-state index in [0.717, 1.165) is 0 Å². The smallest absolute Gasteiger partial charge is 0.291 e. The number of hydrogen-bond donors (Lipinski definition) is 1. The van der Waals surface area contributed by atoms with Crippen molar-refractivity contribution in [3.05, 3.63) is 48.4 Å². The minimum atomic E-state index is -0.352. The summed E-state index contributed by atoms with van der Waals surface area (Å²) in [6.07, 6.45) is 1.43. The first kappa shape index (κ1) is 12.9. The van der Waals surface area contributed by atoms with Gasteiger partial charge in [-0.15, -0.1) is 0 Å². The molecule has 98 valence electrons. The molecular weight excluding hydrogens is 244 g/mol. The van der Waals surface area contributed by atoms with Crippen LogP contribution in [0.15, 0.2) is 47.1 Å². The largest absolute Gasteiger partial charge is 0.459 e. The molecule has 5 nitrogen and oxygen atoms in total. The van der Waals surface area contributed by atoms with Crippen LogP contribution in [0.5, 0.6) is 0 Å². The fraction of sp³-hybridized carbons (Fsp3) is 0.143. The van der Waals surface area contributed by atoms with Crippen molar-refractivity contribution in [3.63, 3.8) is 0 Å². The van der Waals surface area contributed by atoms with E-state index in [1.54, 1.807) is 43.4 Å². The summed E-state index contributed by atoms with van der Waals surface area (Å²) in [5.74, 6) is -0.241. The van der Waals surface area contributed by atoms with Crippen LogP contribution >= 0.6 is 0 Å². The minimum absolute atomic E-state index is 0.111. The van der Waals surface area contributed by atoms with Crippen molar-refractivity contribution in [2.24, 2.45) is 0 Å². The van der Waals surface area contributed by atoms with E-state index in [0.29, 0.717) is 11.4 Å². The van der Waals surface area contributed by atoms with Gasteiger partial charge in [0.25, 0.3) is 5.91 Å². The van der Waals surface area contributed by atoms with E-state index in [2.05, 4.69) is 5.32 Å². The summed E-state index contributed by atoms with van der Waals surface area (Å²) in [6.45, 7) is 1.46. The predicted octanol–water partition coefficient (Wildman–Crippen LogP) is 2.51. The van der Waals surface area contributed by atoms with Crippen LogP contribution < -0.4 is 10.2 Å².